The van der Waals surface area contributed by atoms with Crippen LogP contribution in [0.3, 0.4) is 0 Å². The second-order valence-electron chi connectivity index (χ2n) is 8.92. The standard InChI is InChI=1S/C26H27Cl2N3O2/c1-15(33)21-13-29-25-9-4-16(17-11-23(27)22(14-32)24(28)12-17)10-20(25)26(21)30-18-5-7-19(8-6-18)31(2)3/h4,9-14,18-19H,5-8H2,1-3H3,(H,29,30). The maximum Gasteiger partial charge on any atom is 0.163 e. The molecule has 1 heterocycles. The number of nitrogens with one attached hydrogen (secondary N) is 1. The fourth-order valence-electron chi connectivity index (χ4n) is 4.60. The molecule has 172 valence electrons. The fraction of sp³-hybridized carbons (Fsp3) is 0.346. The quantitative estimate of drug-likeness (QED) is 0.319. The number of hydrogen-bond acceptors (Lipinski definition) is 5. The topological polar surface area (TPSA) is 62.3 Å². The largest absolute Gasteiger partial charge is 0.381 e. The number of ketones is 1. The Morgan fingerprint density at radius 2 is 1.73 bits per heavy atom. The van der Waals surface area contributed by atoms with Gasteiger partial charge in [0.2, 0.25) is 0 Å². The number of Topliss-reactive ketones (excluding diaryl/α,β-unsaturated/α-hetero) is 1. The number of aldehydes is 1. The number of rotatable bonds is 6. The van der Waals surface area contributed by atoms with E-state index >= 15 is 0 Å². The minimum Gasteiger partial charge on any atom is -0.381 e. The molecule has 1 aromatic heterocycles. The summed E-state index contributed by atoms with van der Waals surface area (Å²) in [6.07, 6.45) is 6.64. The molecule has 0 atom stereocenters. The molecular weight excluding hydrogens is 457 g/mol. The van der Waals surface area contributed by atoms with Gasteiger partial charge in [-0.05, 0) is 82.1 Å². The molecule has 3 aromatic rings. The van der Waals surface area contributed by atoms with E-state index in [4.69, 9.17) is 23.2 Å². The Labute approximate surface area is 204 Å². The van der Waals surface area contributed by atoms with Gasteiger partial charge in [-0.25, -0.2) is 0 Å². The van der Waals surface area contributed by atoms with Crippen molar-refractivity contribution in [3.8, 4) is 11.1 Å². The number of halogens is 2. The smallest absolute Gasteiger partial charge is 0.163 e. The van der Waals surface area contributed by atoms with Crippen LogP contribution in [0.1, 0.15) is 53.3 Å². The zero-order chi connectivity index (χ0) is 23.7. The highest BCUT2D eigenvalue weighted by Gasteiger charge is 2.24. The van der Waals surface area contributed by atoms with Crippen LogP contribution in [-0.2, 0) is 0 Å². The molecule has 1 saturated carbocycles. The SMILES string of the molecule is CC(=O)c1cnc2ccc(-c3cc(Cl)c(C=O)c(Cl)c3)cc2c1NC1CCC(N(C)C)CC1. The number of fused-ring (bicyclic) bond motifs is 1. The Bertz CT molecular complexity index is 1190. The monoisotopic (exact) mass is 483 g/mol. The molecule has 0 saturated heterocycles. The lowest BCUT2D eigenvalue weighted by molar-refractivity contribution is 0.101. The second kappa shape index (κ2) is 9.80. The van der Waals surface area contributed by atoms with Crippen LogP contribution in [0.5, 0.6) is 0 Å². The Hall–Kier alpha value is -2.47. The Kier molecular flexibility index (Phi) is 7.03. The normalized spacial score (nSPS) is 18.5. The van der Waals surface area contributed by atoms with E-state index in [9.17, 15) is 9.59 Å². The molecule has 1 aliphatic carbocycles. The van der Waals surface area contributed by atoms with Gasteiger partial charge in [0.25, 0.3) is 0 Å². The minimum absolute atomic E-state index is 0.0271. The molecule has 0 bridgehead atoms. The number of nitrogens with zero attached hydrogens (tertiary/aromatic N) is 2. The third-order valence-corrected chi connectivity index (χ3v) is 7.18. The first-order valence-corrected chi connectivity index (χ1v) is 11.8. The first kappa shape index (κ1) is 23.7. The maximum absolute atomic E-state index is 12.5. The van der Waals surface area contributed by atoms with E-state index in [1.807, 2.05) is 18.2 Å². The van der Waals surface area contributed by atoms with Crippen molar-refractivity contribution in [1.82, 2.24) is 9.88 Å². The van der Waals surface area contributed by atoms with Crippen molar-refractivity contribution in [3.05, 3.63) is 57.7 Å². The summed E-state index contributed by atoms with van der Waals surface area (Å²) in [5, 5.41) is 5.16. The molecule has 0 radical (unpaired) electrons. The molecule has 0 amide bonds. The average Bonchev–Trinajstić information content (AvgIpc) is 2.79. The number of carbonyl (C=O) groups excluding carboxylic acids is 2. The third-order valence-electron chi connectivity index (χ3n) is 6.55. The number of carbonyl (C=O) groups is 2. The van der Waals surface area contributed by atoms with E-state index in [0.29, 0.717) is 34.0 Å². The van der Waals surface area contributed by atoms with E-state index in [1.54, 1.807) is 25.3 Å². The number of benzene rings is 2. The molecule has 33 heavy (non-hydrogen) atoms. The minimum atomic E-state index is -0.0271. The van der Waals surface area contributed by atoms with Crippen LogP contribution in [0.25, 0.3) is 22.0 Å². The van der Waals surface area contributed by atoms with Crippen molar-refractivity contribution in [2.45, 2.75) is 44.7 Å². The van der Waals surface area contributed by atoms with Crippen LogP contribution in [-0.4, -0.2) is 48.1 Å². The van der Waals surface area contributed by atoms with E-state index in [2.05, 4.69) is 29.3 Å². The van der Waals surface area contributed by atoms with Gasteiger partial charge in [-0.15, -0.1) is 0 Å². The molecule has 4 rings (SSSR count). The first-order chi connectivity index (χ1) is 15.8. The Balaban J connectivity index is 1.76. The van der Waals surface area contributed by atoms with Gasteiger partial charge in [0, 0.05) is 23.7 Å². The highest BCUT2D eigenvalue weighted by Crippen LogP contribution is 2.36. The van der Waals surface area contributed by atoms with Gasteiger partial charge >= 0.3 is 0 Å². The fourth-order valence-corrected chi connectivity index (χ4v) is 5.17. The molecule has 2 aromatic carbocycles. The van der Waals surface area contributed by atoms with Crippen LogP contribution >= 0.6 is 23.2 Å². The number of aromatic nitrogens is 1. The van der Waals surface area contributed by atoms with E-state index in [1.165, 1.54) is 0 Å². The zero-order valence-electron chi connectivity index (χ0n) is 19.0. The van der Waals surface area contributed by atoms with Crippen LogP contribution in [0.2, 0.25) is 10.0 Å². The summed E-state index contributed by atoms with van der Waals surface area (Å²) in [6, 6.07) is 10.2. The van der Waals surface area contributed by atoms with Crippen molar-refractivity contribution in [1.29, 1.82) is 0 Å². The average molecular weight is 484 g/mol. The van der Waals surface area contributed by atoms with E-state index in [-0.39, 0.29) is 11.3 Å². The predicted octanol–water partition coefficient (Wildman–Crippen LogP) is 6.51. The molecule has 1 fully saturated rings. The molecule has 1 aliphatic rings. The van der Waals surface area contributed by atoms with Gasteiger partial charge < -0.3 is 10.2 Å². The van der Waals surface area contributed by atoms with E-state index in [0.717, 1.165) is 53.4 Å². The summed E-state index contributed by atoms with van der Waals surface area (Å²) >= 11 is 12.6. The van der Waals surface area contributed by atoms with Gasteiger partial charge in [-0.2, -0.15) is 0 Å². The van der Waals surface area contributed by atoms with E-state index < -0.39 is 0 Å². The molecule has 0 aliphatic heterocycles. The van der Waals surface area contributed by atoms with Crippen LogP contribution in [0.15, 0.2) is 36.5 Å². The summed E-state index contributed by atoms with van der Waals surface area (Å²) in [5.41, 5.74) is 4.16. The maximum atomic E-state index is 12.5. The van der Waals surface area contributed by atoms with Crippen molar-refractivity contribution in [2.24, 2.45) is 0 Å². The summed E-state index contributed by atoms with van der Waals surface area (Å²) in [6.45, 7) is 1.57. The van der Waals surface area contributed by atoms with Crippen molar-refractivity contribution < 1.29 is 9.59 Å². The van der Waals surface area contributed by atoms with Gasteiger partial charge in [0.15, 0.2) is 12.1 Å². The van der Waals surface area contributed by atoms with Gasteiger partial charge in [0.05, 0.1) is 32.4 Å². The summed E-state index contributed by atoms with van der Waals surface area (Å²) in [4.78, 5) is 30.5. The van der Waals surface area contributed by atoms with Gasteiger partial charge in [0.1, 0.15) is 0 Å². The van der Waals surface area contributed by atoms with Crippen molar-refractivity contribution in [2.75, 3.05) is 19.4 Å². The van der Waals surface area contributed by atoms with Crippen LogP contribution < -0.4 is 5.32 Å². The third kappa shape index (κ3) is 4.91. The van der Waals surface area contributed by atoms with Crippen molar-refractivity contribution in [3.63, 3.8) is 0 Å². The Morgan fingerprint density at radius 3 is 2.30 bits per heavy atom. The zero-order valence-corrected chi connectivity index (χ0v) is 20.5. The lowest BCUT2D eigenvalue weighted by Gasteiger charge is -2.34. The predicted molar refractivity (Wildman–Crippen MR) is 136 cm³/mol. The first-order valence-electron chi connectivity index (χ1n) is 11.1. The molecule has 0 unspecified atom stereocenters. The molecular formula is C26H27Cl2N3O2. The lowest BCUT2D eigenvalue weighted by atomic mass is 9.90. The van der Waals surface area contributed by atoms with Gasteiger partial charge in [-0.1, -0.05) is 29.3 Å². The molecule has 0 spiro atoms. The summed E-state index contributed by atoms with van der Waals surface area (Å²) in [5.74, 6) is -0.0271. The lowest BCUT2D eigenvalue weighted by Crippen LogP contribution is -2.36. The van der Waals surface area contributed by atoms with Crippen LogP contribution in [0, 0.1) is 0 Å². The summed E-state index contributed by atoms with van der Waals surface area (Å²) < 4.78 is 0. The molecule has 7 heteroatoms. The molecule has 5 nitrogen and oxygen atoms in total. The Morgan fingerprint density at radius 1 is 1.06 bits per heavy atom. The highest BCUT2D eigenvalue weighted by atomic mass is 35.5. The van der Waals surface area contributed by atoms with Crippen LogP contribution in [0.4, 0.5) is 5.69 Å². The number of hydrogen-bond donors (Lipinski definition) is 1. The number of anilines is 1. The summed E-state index contributed by atoms with van der Waals surface area (Å²) in [7, 11) is 4.26. The molecule has 1 N–H and O–H groups in total. The van der Waals surface area contributed by atoms with Gasteiger partial charge in [-0.3, -0.25) is 14.6 Å². The van der Waals surface area contributed by atoms with Crippen molar-refractivity contribution >= 4 is 51.9 Å². The number of pyridine rings is 1. The highest BCUT2D eigenvalue weighted by molar-refractivity contribution is 6.39. The second-order valence-corrected chi connectivity index (χ2v) is 9.73.